The highest BCUT2D eigenvalue weighted by Crippen LogP contribution is 2.28. The van der Waals surface area contributed by atoms with Crippen LogP contribution in [0.5, 0.6) is 0 Å². The summed E-state index contributed by atoms with van der Waals surface area (Å²) >= 11 is 0. The SMILES string of the molecule is CCC(=O)N[C@H]1CC[C@@H](N(C)C(=O)c2ccc(-c3ccc4[nH]ccc4c3C)nn2)C1. The molecule has 1 saturated carbocycles. The highest BCUT2D eigenvalue weighted by molar-refractivity contribution is 5.93. The normalized spacial score (nSPS) is 18.5. The van der Waals surface area contributed by atoms with E-state index in [0.29, 0.717) is 12.1 Å². The van der Waals surface area contributed by atoms with E-state index >= 15 is 0 Å². The smallest absolute Gasteiger partial charge is 0.274 e. The van der Waals surface area contributed by atoms with Crippen molar-refractivity contribution in [3.63, 3.8) is 0 Å². The monoisotopic (exact) mass is 405 g/mol. The Hall–Kier alpha value is -3.22. The van der Waals surface area contributed by atoms with Gasteiger partial charge < -0.3 is 15.2 Å². The molecule has 0 saturated heterocycles. The second-order valence-electron chi connectivity index (χ2n) is 7.98. The van der Waals surface area contributed by atoms with E-state index in [1.807, 2.05) is 37.4 Å². The van der Waals surface area contributed by atoms with Crippen LogP contribution < -0.4 is 5.32 Å². The van der Waals surface area contributed by atoms with E-state index in [-0.39, 0.29) is 23.9 Å². The number of hydrogen-bond donors (Lipinski definition) is 2. The fourth-order valence-electron chi connectivity index (χ4n) is 4.27. The molecule has 1 aliphatic carbocycles. The molecular formula is C23H27N5O2. The van der Waals surface area contributed by atoms with Crippen molar-refractivity contribution in [3.8, 4) is 11.3 Å². The van der Waals surface area contributed by atoms with Crippen molar-refractivity contribution in [2.45, 2.75) is 51.6 Å². The highest BCUT2D eigenvalue weighted by atomic mass is 16.2. The molecule has 2 aromatic heterocycles. The van der Waals surface area contributed by atoms with Crippen LogP contribution in [0.15, 0.2) is 36.5 Å². The molecule has 3 aromatic rings. The van der Waals surface area contributed by atoms with Gasteiger partial charge in [0, 0.05) is 48.2 Å². The van der Waals surface area contributed by atoms with Crippen molar-refractivity contribution in [1.82, 2.24) is 25.4 Å². The second-order valence-corrected chi connectivity index (χ2v) is 7.98. The molecule has 4 rings (SSSR count). The lowest BCUT2D eigenvalue weighted by molar-refractivity contribution is -0.121. The summed E-state index contributed by atoms with van der Waals surface area (Å²) in [5.74, 6) is -0.0801. The number of nitrogens with one attached hydrogen (secondary N) is 2. The zero-order valence-electron chi connectivity index (χ0n) is 17.6. The molecule has 30 heavy (non-hydrogen) atoms. The number of aromatic nitrogens is 3. The minimum atomic E-state index is -0.140. The number of benzene rings is 1. The molecule has 2 N–H and O–H groups in total. The fourth-order valence-corrected chi connectivity index (χ4v) is 4.27. The van der Waals surface area contributed by atoms with Crippen molar-refractivity contribution in [1.29, 1.82) is 0 Å². The van der Waals surface area contributed by atoms with Gasteiger partial charge in [-0.1, -0.05) is 13.0 Å². The van der Waals surface area contributed by atoms with Crippen molar-refractivity contribution >= 4 is 22.7 Å². The summed E-state index contributed by atoms with van der Waals surface area (Å²) in [6, 6.07) is 9.93. The standard InChI is InChI=1S/C23H27N5O2/c1-4-22(29)25-15-5-6-16(13-15)28(3)23(30)21-10-9-20(26-27-21)17-7-8-19-18(14(17)2)11-12-24-19/h7-12,15-16,24H,4-6,13H2,1-3H3,(H,25,29)/t15-,16+/m0/s1. The Morgan fingerprint density at radius 2 is 2.00 bits per heavy atom. The predicted octanol–water partition coefficient (Wildman–Crippen LogP) is 3.45. The number of carbonyl (C=O) groups is 2. The van der Waals surface area contributed by atoms with Gasteiger partial charge in [-0.15, -0.1) is 10.2 Å². The first-order valence-electron chi connectivity index (χ1n) is 10.4. The maximum atomic E-state index is 12.9. The van der Waals surface area contributed by atoms with Crippen LogP contribution in [0.4, 0.5) is 0 Å². The molecule has 156 valence electrons. The van der Waals surface area contributed by atoms with Crippen LogP contribution in [0.25, 0.3) is 22.2 Å². The maximum Gasteiger partial charge on any atom is 0.274 e. The Balaban J connectivity index is 1.46. The molecule has 7 nitrogen and oxygen atoms in total. The predicted molar refractivity (Wildman–Crippen MR) is 116 cm³/mol. The number of rotatable bonds is 5. The lowest BCUT2D eigenvalue weighted by Gasteiger charge is -2.24. The summed E-state index contributed by atoms with van der Waals surface area (Å²) in [5, 5.41) is 12.7. The number of aryl methyl sites for hydroxylation is 1. The van der Waals surface area contributed by atoms with Crippen LogP contribution in [0.3, 0.4) is 0 Å². The van der Waals surface area contributed by atoms with Gasteiger partial charge in [-0.25, -0.2) is 0 Å². The molecule has 1 aromatic carbocycles. The van der Waals surface area contributed by atoms with Gasteiger partial charge in [-0.2, -0.15) is 0 Å². The second kappa shape index (κ2) is 8.26. The van der Waals surface area contributed by atoms with Gasteiger partial charge in [0.25, 0.3) is 5.91 Å². The fraction of sp³-hybridized carbons (Fsp3) is 0.391. The van der Waals surface area contributed by atoms with Crippen LogP contribution in [-0.4, -0.2) is 51.0 Å². The molecule has 0 radical (unpaired) electrons. The quantitative estimate of drug-likeness (QED) is 0.680. The summed E-state index contributed by atoms with van der Waals surface area (Å²) in [7, 11) is 1.80. The number of hydrogen-bond acceptors (Lipinski definition) is 4. The van der Waals surface area contributed by atoms with E-state index in [9.17, 15) is 9.59 Å². The van der Waals surface area contributed by atoms with Crippen molar-refractivity contribution in [2.24, 2.45) is 0 Å². The molecule has 1 aliphatic rings. The molecule has 2 amide bonds. The van der Waals surface area contributed by atoms with Crippen molar-refractivity contribution in [2.75, 3.05) is 7.05 Å². The Morgan fingerprint density at radius 3 is 2.73 bits per heavy atom. The Labute approximate surface area is 175 Å². The zero-order chi connectivity index (χ0) is 21.3. The summed E-state index contributed by atoms with van der Waals surface area (Å²) in [6.45, 7) is 3.91. The molecule has 0 unspecified atom stereocenters. The third-order valence-electron chi connectivity index (χ3n) is 6.12. The van der Waals surface area contributed by atoms with Crippen LogP contribution >= 0.6 is 0 Å². The molecule has 0 spiro atoms. The van der Waals surface area contributed by atoms with E-state index in [1.54, 1.807) is 18.0 Å². The zero-order valence-corrected chi connectivity index (χ0v) is 17.6. The largest absolute Gasteiger partial charge is 0.361 e. The van der Waals surface area contributed by atoms with Gasteiger partial charge in [-0.05, 0) is 56.0 Å². The minimum absolute atomic E-state index is 0.0594. The van der Waals surface area contributed by atoms with Gasteiger partial charge >= 0.3 is 0 Å². The number of H-pyrrole nitrogens is 1. The van der Waals surface area contributed by atoms with E-state index < -0.39 is 0 Å². The number of aromatic amines is 1. The van der Waals surface area contributed by atoms with Crippen molar-refractivity contribution < 1.29 is 9.59 Å². The molecule has 1 fully saturated rings. The first-order chi connectivity index (χ1) is 14.5. The first-order valence-corrected chi connectivity index (χ1v) is 10.4. The summed E-state index contributed by atoms with van der Waals surface area (Å²) in [5.41, 5.74) is 4.31. The molecule has 2 heterocycles. The van der Waals surface area contributed by atoms with Gasteiger partial charge in [-0.3, -0.25) is 9.59 Å². The summed E-state index contributed by atoms with van der Waals surface area (Å²) < 4.78 is 0. The molecule has 7 heteroatoms. The van der Waals surface area contributed by atoms with Crippen LogP contribution in [0.2, 0.25) is 0 Å². The van der Waals surface area contributed by atoms with Gasteiger partial charge in [0.1, 0.15) is 0 Å². The Kier molecular flexibility index (Phi) is 5.53. The van der Waals surface area contributed by atoms with Gasteiger partial charge in [0.05, 0.1) is 5.69 Å². The van der Waals surface area contributed by atoms with E-state index in [4.69, 9.17) is 0 Å². The first kappa shape index (κ1) is 20.1. The van der Waals surface area contributed by atoms with Crippen LogP contribution in [0, 0.1) is 6.92 Å². The van der Waals surface area contributed by atoms with Gasteiger partial charge in [0.2, 0.25) is 5.91 Å². The molecular weight excluding hydrogens is 378 g/mol. The number of nitrogens with zero attached hydrogens (tertiary/aromatic N) is 3. The molecule has 0 bridgehead atoms. The number of carbonyl (C=O) groups excluding carboxylic acids is 2. The summed E-state index contributed by atoms with van der Waals surface area (Å²) in [4.78, 5) is 29.5. The van der Waals surface area contributed by atoms with E-state index in [1.165, 1.54) is 0 Å². The van der Waals surface area contributed by atoms with E-state index in [2.05, 4.69) is 27.4 Å². The third-order valence-corrected chi connectivity index (χ3v) is 6.12. The summed E-state index contributed by atoms with van der Waals surface area (Å²) in [6.07, 6.45) is 4.94. The number of fused-ring (bicyclic) bond motifs is 1. The van der Waals surface area contributed by atoms with Crippen LogP contribution in [0.1, 0.15) is 48.7 Å². The average molecular weight is 406 g/mol. The highest BCUT2D eigenvalue weighted by Gasteiger charge is 2.31. The molecule has 0 aliphatic heterocycles. The van der Waals surface area contributed by atoms with Gasteiger partial charge in [0.15, 0.2) is 5.69 Å². The Morgan fingerprint density at radius 1 is 1.17 bits per heavy atom. The van der Waals surface area contributed by atoms with E-state index in [0.717, 1.165) is 47.0 Å². The molecule has 2 atom stereocenters. The maximum absolute atomic E-state index is 12.9. The third kappa shape index (κ3) is 3.79. The lowest BCUT2D eigenvalue weighted by atomic mass is 10.0. The van der Waals surface area contributed by atoms with Crippen molar-refractivity contribution in [3.05, 3.63) is 47.8 Å². The minimum Gasteiger partial charge on any atom is -0.361 e. The number of amides is 2. The van der Waals surface area contributed by atoms with Crippen LogP contribution in [-0.2, 0) is 4.79 Å². The Bertz CT molecular complexity index is 1070. The topological polar surface area (TPSA) is 91.0 Å². The average Bonchev–Trinajstić information content (AvgIpc) is 3.43. The lowest BCUT2D eigenvalue weighted by Crippen LogP contribution is -2.38.